The van der Waals surface area contributed by atoms with Crippen molar-refractivity contribution in [1.82, 2.24) is 0 Å². The Bertz CT molecular complexity index is 1150. The molecule has 0 saturated carbocycles. The van der Waals surface area contributed by atoms with Crippen LogP contribution in [0.2, 0.25) is 0 Å². The van der Waals surface area contributed by atoms with E-state index in [2.05, 4.69) is 107 Å². The molecular weight excluding hydrogens is 392 g/mol. The van der Waals surface area contributed by atoms with E-state index in [1.54, 1.807) is 0 Å². The third-order valence-corrected chi connectivity index (χ3v) is 6.42. The van der Waals surface area contributed by atoms with Gasteiger partial charge in [-0.05, 0) is 50.5 Å². The largest absolute Gasteiger partial charge is 0.507 e. The number of furan rings is 1. The number of fused-ring (bicyclic) bond motifs is 1. The monoisotopic (exact) mass is 434 g/mol. The lowest BCUT2D eigenvalue weighted by atomic mass is 9.76. The van der Waals surface area contributed by atoms with Gasteiger partial charge in [0.05, 0.1) is 6.26 Å². The number of phenolic OH excluding ortho intramolecular Hbond substituents is 1. The first-order chi connectivity index (χ1) is 14.3. The molecule has 0 unspecified atom stereocenters. The number of hydrogen-bond donors (Lipinski definition) is 1. The number of hydrogen-bond acceptors (Lipinski definition) is 2. The number of aromatic hydroxyl groups is 1. The van der Waals surface area contributed by atoms with Crippen molar-refractivity contribution in [2.24, 2.45) is 0 Å². The van der Waals surface area contributed by atoms with E-state index >= 15 is 0 Å². The van der Waals surface area contributed by atoms with E-state index in [9.17, 15) is 5.11 Å². The molecule has 2 heteroatoms. The minimum atomic E-state index is -0.175. The standard InChI is InChI=1S/C30H42O2/c1-27(2,3)18-13-20(26(31)23(15-18)30(10,11)12)21-17-32-24-16-19(28(4,5)6)14-22(25(21)24)29(7,8)9/h13-17,31H,1-12H3. The van der Waals surface area contributed by atoms with Gasteiger partial charge in [-0.3, -0.25) is 0 Å². The van der Waals surface area contributed by atoms with Gasteiger partial charge in [-0.1, -0.05) is 95.2 Å². The Morgan fingerprint density at radius 1 is 0.562 bits per heavy atom. The Balaban J connectivity index is 2.46. The van der Waals surface area contributed by atoms with Crippen LogP contribution >= 0.6 is 0 Å². The summed E-state index contributed by atoms with van der Waals surface area (Å²) in [5.74, 6) is 0.355. The molecule has 3 aromatic rings. The Labute approximate surface area is 195 Å². The molecule has 1 aromatic heterocycles. The SMILES string of the molecule is CC(C)(C)c1cc(-c2coc3cc(C(C)(C)C)cc(C(C)(C)C)c23)c(O)c(C(C)(C)C)c1. The molecule has 32 heavy (non-hydrogen) atoms. The third kappa shape index (κ3) is 4.47. The molecule has 0 atom stereocenters. The van der Waals surface area contributed by atoms with Crippen LogP contribution < -0.4 is 0 Å². The van der Waals surface area contributed by atoms with Crippen LogP contribution in [0.3, 0.4) is 0 Å². The van der Waals surface area contributed by atoms with Crippen molar-refractivity contribution in [3.05, 3.63) is 52.8 Å². The van der Waals surface area contributed by atoms with Crippen molar-refractivity contribution >= 4 is 11.0 Å². The molecule has 0 aliphatic heterocycles. The van der Waals surface area contributed by atoms with Crippen molar-refractivity contribution in [3.8, 4) is 16.9 Å². The molecule has 0 spiro atoms. The summed E-state index contributed by atoms with van der Waals surface area (Å²) in [5, 5.41) is 12.6. The molecule has 1 N–H and O–H groups in total. The fourth-order valence-corrected chi connectivity index (χ4v) is 4.23. The minimum Gasteiger partial charge on any atom is -0.507 e. The van der Waals surface area contributed by atoms with Crippen LogP contribution in [0.15, 0.2) is 34.9 Å². The zero-order valence-corrected chi connectivity index (χ0v) is 22.2. The van der Waals surface area contributed by atoms with E-state index in [4.69, 9.17) is 4.42 Å². The highest BCUT2D eigenvalue weighted by molar-refractivity contribution is 5.99. The molecule has 3 rings (SSSR count). The van der Waals surface area contributed by atoms with Crippen LogP contribution in [-0.2, 0) is 21.7 Å². The van der Waals surface area contributed by atoms with Gasteiger partial charge < -0.3 is 9.52 Å². The summed E-state index contributed by atoms with van der Waals surface area (Å²) in [6.45, 7) is 26.6. The summed E-state index contributed by atoms with van der Waals surface area (Å²) < 4.78 is 6.17. The van der Waals surface area contributed by atoms with Gasteiger partial charge in [0.25, 0.3) is 0 Å². The van der Waals surface area contributed by atoms with Crippen LogP contribution in [0.1, 0.15) is 105 Å². The molecule has 0 aliphatic carbocycles. The second kappa shape index (κ2) is 7.40. The van der Waals surface area contributed by atoms with Crippen LogP contribution in [0.5, 0.6) is 5.75 Å². The number of benzene rings is 2. The summed E-state index contributed by atoms with van der Waals surface area (Å²) in [4.78, 5) is 0. The summed E-state index contributed by atoms with van der Waals surface area (Å²) in [6, 6.07) is 8.82. The van der Waals surface area contributed by atoms with E-state index in [0.29, 0.717) is 5.75 Å². The lowest BCUT2D eigenvalue weighted by Gasteiger charge is -2.28. The van der Waals surface area contributed by atoms with E-state index in [0.717, 1.165) is 27.7 Å². The topological polar surface area (TPSA) is 33.4 Å². The second-order valence-corrected chi connectivity index (χ2v) is 13.5. The molecule has 0 radical (unpaired) electrons. The first-order valence-corrected chi connectivity index (χ1v) is 11.8. The van der Waals surface area contributed by atoms with Crippen molar-refractivity contribution in [2.75, 3.05) is 0 Å². The molecule has 1 heterocycles. The Kier molecular flexibility index (Phi) is 5.65. The average Bonchev–Trinajstić information content (AvgIpc) is 3.01. The highest BCUT2D eigenvalue weighted by atomic mass is 16.3. The quantitative estimate of drug-likeness (QED) is 0.414. The smallest absolute Gasteiger partial charge is 0.135 e. The van der Waals surface area contributed by atoms with Gasteiger partial charge in [-0.15, -0.1) is 0 Å². The van der Waals surface area contributed by atoms with Crippen molar-refractivity contribution in [2.45, 2.75) is 105 Å². The molecule has 0 aliphatic rings. The first kappa shape index (κ1) is 24.4. The highest BCUT2D eigenvalue weighted by Crippen LogP contribution is 2.47. The maximum absolute atomic E-state index is 11.5. The molecule has 0 fully saturated rings. The Morgan fingerprint density at radius 3 is 1.50 bits per heavy atom. The van der Waals surface area contributed by atoms with Crippen LogP contribution in [0.4, 0.5) is 0 Å². The molecule has 174 valence electrons. The van der Waals surface area contributed by atoms with Gasteiger partial charge in [0, 0.05) is 22.1 Å². The van der Waals surface area contributed by atoms with Crippen LogP contribution in [0, 0.1) is 0 Å². The maximum Gasteiger partial charge on any atom is 0.135 e. The fourth-order valence-electron chi connectivity index (χ4n) is 4.23. The molecule has 0 bridgehead atoms. The fraction of sp³-hybridized carbons (Fsp3) is 0.533. The van der Waals surface area contributed by atoms with E-state index < -0.39 is 0 Å². The number of rotatable bonds is 1. The highest BCUT2D eigenvalue weighted by Gasteiger charge is 2.29. The van der Waals surface area contributed by atoms with E-state index in [-0.39, 0.29) is 21.7 Å². The van der Waals surface area contributed by atoms with Gasteiger partial charge in [-0.2, -0.15) is 0 Å². The van der Waals surface area contributed by atoms with Gasteiger partial charge in [0.2, 0.25) is 0 Å². The van der Waals surface area contributed by atoms with Gasteiger partial charge >= 0.3 is 0 Å². The van der Waals surface area contributed by atoms with Gasteiger partial charge in [0.15, 0.2) is 0 Å². The summed E-state index contributed by atoms with van der Waals surface area (Å²) >= 11 is 0. The Morgan fingerprint density at radius 2 is 1.03 bits per heavy atom. The van der Waals surface area contributed by atoms with Crippen LogP contribution in [-0.4, -0.2) is 5.11 Å². The lowest BCUT2D eigenvalue weighted by Crippen LogP contribution is -2.17. The van der Waals surface area contributed by atoms with E-state index in [1.807, 2.05) is 6.26 Å². The summed E-state index contributed by atoms with van der Waals surface area (Å²) in [7, 11) is 0. The zero-order chi connectivity index (χ0) is 24.4. The zero-order valence-electron chi connectivity index (χ0n) is 22.2. The minimum absolute atomic E-state index is 0.0227. The van der Waals surface area contributed by atoms with Crippen molar-refractivity contribution in [3.63, 3.8) is 0 Å². The van der Waals surface area contributed by atoms with Crippen molar-refractivity contribution in [1.29, 1.82) is 0 Å². The first-order valence-electron chi connectivity index (χ1n) is 11.8. The molecule has 0 saturated heterocycles. The third-order valence-electron chi connectivity index (χ3n) is 6.42. The molecule has 0 amide bonds. The normalized spacial score (nSPS) is 13.8. The second-order valence-electron chi connectivity index (χ2n) is 13.5. The van der Waals surface area contributed by atoms with Crippen LogP contribution in [0.25, 0.3) is 22.1 Å². The molecule has 2 aromatic carbocycles. The van der Waals surface area contributed by atoms with E-state index in [1.165, 1.54) is 16.7 Å². The maximum atomic E-state index is 11.5. The number of phenols is 1. The van der Waals surface area contributed by atoms with Gasteiger partial charge in [-0.25, -0.2) is 0 Å². The lowest BCUT2D eigenvalue weighted by molar-refractivity contribution is 0.446. The van der Waals surface area contributed by atoms with Crippen molar-refractivity contribution < 1.29 is 9.52 Å². The summed E-state index contributed by atoms with van der Waals surface area (Å²) in [6.07, 6.45) is 1.83. The summed E-state index contributed by atoms with van der Waals surface area (Å²) in [5.41, 5.74) is 7.16. The van der Waals surface area contributed by atoms with Gasteiger partial charge in [0.1, 0.15) is 11.3 Å². The average molecular weight is 435 g/mol. The predicted octanol–water partition coefficient (Wildman–Crippen LogP) is 9.00. The molecule has 2 nitrogen and oxygen atoms in total. The Hall–Kier alpha value is -2.22. The predicted molar refractivity (Wildman–Crippen MR) is 138 cm³/mol. The molecular formula is C30H42O2.